The Morgan fingerprint density at radius 2 is 1.69 bits per heavy atom. The van der Waals surface area contributed by atoms with Gasteiger partial charge in [0, 0.05) is 16.9 Å². The standard InChI is InChI=1S/C33H35BCl2N4O5/c1-33(2,3)40-30(41)24(20-37)17-22-9-7-8-21(16-22)12-15-28(38-31(42)26-18-25(35)13-14-27(26)36)32(43)39-29(19-34(44)45)23-10-5-4-6-11-23/h4-11,13-14,16-18,28-29,44-45H,12,15,19H2,1-3H3,(H,38,42)(H,39,43)(H,40,41)/t28-,29-/m1/s1. The second-order valence-corrected chi connectivity index (χ2v) is 12.3. The molecule has 3 amide bonds. The van der Waals surface area contributed by atoms with E-state index in [9.17, 15) is 29.7 Å². The molecule has 0 saturated heterocycles. The van der Waals surface area contributed by atoms with E-state index in [0.29, 0.717) is 22.6 Å². The van der Waals surface area contributed by atoms with Crippen molar-refractivity contribution in [3.05, 3.63) is 111 Å². The van der Waals surface area contributed by atoms with Crippen LogP contribution in [0.1, 0.15) is 60.3 Å². The molecule has 0 spiro atoms. The van der Waals surface area contributed by atoms with Gasteiger partial charge >= 0.3 is 7.12 Å². The van der Waals surface area contributed by atoms with Gasteiger partial charge in [0.2, 0.25) is 5.91 Å². The van der Waals surface area contributed by atoms with Gasteiger partial charge in [0.05, 0.1) is 16.6 Å². The van der Waals surface area contributed by atoms with Crippen LogP contribution in [0.25, 0.3) is 6.08 Å². The number of rotatable bonds is 12. The van der Waals surface area contributed by atoms with Crippen LogP contribution in [-0.4, -0.2) is 46.5 Å². The van der Waals surface area contributed by atoms with Gasteiger partial charge in [0.1, 0.15) is 17.7 Å². The lowest BCUT2D eigenvalue weighted by molar-refractivity contribution is -0.123. The normalized spacial score (nSPS) is 12.8. The van der Waals surface area contributed by atoms with Crippen molar-refractivity contribution in [2.75, 3.05) is 0 Å². The number of nitrogens with one attached hydrogen (secondary N) is 3. The Morgan fingerprint density at radius 1 is 0.978 bits per heavy atom. The smallest absolute Gasteiger partial charge is 0.427 e. The molecular weight excluding hydrogens is 614 g/mol. The maximum atomic E-state index is 13.7. The van der Waals surface area contributed by atoms with Crippen molar-refractivity contribution < 1.29 is 24.4 Å². The zero-order valence-corrected chi connectivity index (χ0v) is 26.7. The highest BCUT2D eigenvalue weighted by molar-refractivity contribution is 6.41. The summed E-state index contributed by atoms with van der Waals surface area (Å²) < 4.78 is 0. The lowest BCUT2D eigenvalue weighted by atomic mass is 9.79. The molecule has 3 rings (SSSR count). The summed E-state index contributed by atoms with van der Waals surface area (Å²) in [5.74, 6) is -1.64. The SMILES string of the molecule is CC(C)(C)NC(=O)C(C#N)=Cc1cccc(CC[C@@H](NC(=O)c2cc(Cl)ccc2Cl)C(=O)N[C@H](CB(O)O)c2ccccc2)c1. The molecule has 0 aliphatic heterocycles. The number of hydrogen-bond donors (Lipinski definition) is 5. The number of aryl methyl sites for hydroxylation is 1. The van der Waals surface area contributed by atoms with Gasteiger partial charge in [-0.25, -0.2) is 0 Å². The van der Waals surface area contributed by atoms with Gasteiger partial charge < -0.3 is 26.0 Å². The summed E-state index contributed by atoms with van der Waals surface area (Å²) in [5, 5.41) is 37.8. The number of halogens is 2. The molecule has 3 aromatic rings. The lowest BCUT2D eigenvalue weighted by Crippen LogP contribution is -2.48. The van der Waals surface area contributed by atoms with E-state index in [2.05, 4.69) is 16.0 Å². The number of benzene rings is 3. The van der Waals surface area contributed by atoms with Crippen molar-refractivity contribution in [3.8, 4) is 6.07 Å². The van der Waals surface area contributed by atoms with E-state index >= 15 is 0 Å². The van der Waals surface area contributed by atoms with Crippen LogP contribution in [0.5, 0.6) is 0 Å². The van der Waals surface area contributed by atoms with Crippen LogP contribution >= 0.6 is 23.2 Å². The summed E-state index contributed by atoms with van der Waals surface area (Å²) in [6.07, 6.45) is 1.80. The molecule has 9 nitrogen and oxygen atoms in total. The number of nitriles is 1. The minimum absolute atomic E-state index is 0.0528. The monoisotopic (exact) mass is 648 g/mol. The van der Waals surface area contributed by atoms with Crippen LogP contribution in [0.2, 0.25) is 16.4 Å². The van der Waals surface area contributed by atoms with Crippen molar-refractivity contribution in [2.45, 2.75) is 57.6 Å². The lowest BCUT2D eigenvalue weighted by Gasteiger charge is -2.24. The Labute approximate surface area is 273 Å². The van der Waals surface area contributed by atoms with Gasteiger partial charge in [-0.2, -0.15) is 5.26 Å². The maximum absolute atomic E-state index is 13.7. The fraction of sp³-hybridized carbons (Fsp3) is 0.273. The Hall–Kier alpha value is -4.14. The third-order valence-corrected chi connectivity index (χ3v) is 7.16. The van der Waals surface area contributed by atoms with E-state index < -0.39 is 42.5 Å². The highest BCUT2D eigenvalue weighted by Crippen LogP contribution is 2.22. The van der Waals surface area contributed by atoms with Crippen LogP contribution < -0.4 is 16.0 Å². The molecular formula is C33H35BCl2N4O5. The molecule has 0 unspecified atom stereocenters. The first-order valence-electron chi connectivity index (χ1n) is 14.3. The van der Waals surface area contributed by atoms with E-state index in [1.54, 1.807) is 54.6 Å². The average Bonchev–Trinajstić information content (AvgIpc) is 2.98. The molecule has 0 aliphatic carbocycles. The molecule has 3 aromatic carbocycles. The van der Waals surface area contributed by atoms with Crippen LogP contribution in [0.3, 0.4) is 0 Å². The molecule has 12 heteroatoms. The Bertz CT molecular complexity index is 1590. The molecule has 0 fully saturated rings. The largest absolute Gasteiger partial charge is 0.453 e. The first-order chi connectivity index (χ1) is 21.3. The van der Waals surface area contributed by atoms with Crippen molar-refractivity contribution in [1.29, 1.82) is 5.26 Å². The van der Waals surface area contributed by atoms with Gasteiger partial charge in [-0.1, -0.05) is 77.8 Å². The molecule has 0 heterocycles. The zero-order chi connectivity index (χ0) is 33.1. The van der Waals surface area contributed by atoms with E-state index in [-0.39, 0.29) is 28.9 Å². The summed E-state index contributed by atoms with van der Waals surface area (Å²) >= 11 is 12.3. The fourth-order valence-electron chi connectivity index (χ4n) is 4.50. The summed E-state index contributed by atoms with van der Waals surface area (Å²) in [6.45, 7) is 5.46. The molecule has 5 N–H and O–H groups in total. The van der Waals surface area contributed by atoms with E-state index in [1.165, 1.54) is 18.2 Å². The topological polar surface area (TPSA) is 152 Å². The number of carbonyl (C=O) groups is 3. The van der Waals surface area contributed by atoms with E-state index in [4.69, 9.17) is 23.2 Å². The third kappa shape index (κ3) is 11.4. The van der Waals surface area contributed by atoms with Gasteiger partial charge in [-0.15, -0.1) is 0 Å². The Balaban J connectivity index is 1.86. The van der Waals surface area contributed by atoms with Gasteiger partial charge in [-0.3, -0.25) is 14.4 Å². The molecule has 0 radical (unpaired) electrons. The summed E-state index contributed by atoms with van der Waals surface area (Å²) in [6, 6.07) is 20.6. The quantitative estimate of drug-likeness (QED) is 0.107. The minimum atomic E-state index is -1.69. The van der Waals surface area contributed by atoms with Gasteiger partial charge in [0.15, 0.2) is 0 Å². The van der Waals surface area contributed by atoms with Crippen LogP contribution in [0.15, 0.2) is 78.4 Å². The molecule has 0 bridgehead atoms. The predicted molar refractivity (Wildman–Crippen MR) is 176 cm³/mol. The molecule has 0 saturated carbocycles. The predicted octanol–water partition coefficient (Wildman–Crippen LogP) is 4.88. The summed E-state index contributed by atoms with van der Waals surface area (Å²) in [5.41, 5.74) is 1.59. The number of nitrogens with zero attached hydrogens (tertiary/aromatic N) is 1. The van der Waals surface area contributed by atoms with Gasteiger partial charge in [-0.05, 0) is 74.6 Å². The molecule has 45 heavy (non-hydrogen) atoms. The van der Waals surface area contributed by atoms with Crippen LogP contribution in [0, 0.1) is 11.3 Å². The highest BCUT2D eigenvalue weighted by Gasteiger charge is 2.27. The van der Waals surface area contributed by atoms with Crippen LogP contribution in [0.4, 0.5) is 0 Å². The van der Waals surface area contributed by atoms with E-state index in [0.717, 1.165) is 5.56 Å². The highest BCUT2D eigenvalue weighted by atomic mass is 35.5. The zero-order valence-electron chi connectivity index (χ0n) is 25.2. The third-order valence-electron chi connectivity index (χ3n) is 6.60. The summed E-state index contributed by atoms with van der Waals surface area (Å²) in [7, 11) is -1.69. The molecule has 0 aliphatic rings. The number of hydrogen-bond acceptors (Lipinski definition) is 6. The van der Waals surface area contributed by atoms with Crippen molar-refractivity contribution in [2.24, 2.45) is 0 Å². The molecule has 234 valence electrons. The second kappa shape index (κ2) is 16.3. The van der Waals surface area contributed by atoms with E-state index in [1.807, 2.05) is 32.9 Å². The second-order valence-electron chi connectivity index (χ2n) is 11.5. The minimum Gasteiger partial charge on any atom is -0.427 e. The molecule has 2 atom stereocenters. The number of carbonyl (C=O) groups excluding carboxylic acids is 3. The van der Waals surface area contributed by atoms with Crippen molar-refractivity contribution in [3.63, 3.8) is 0 Å². The average molecular weight is 649 g/mol. The van der Waals surface area contributed by atoms with Gasteiger partial charge in [0.25, 0.3) is 11.8 Å². The maximum Gasteiger partial charge on any atom is 0.453 e. The Kier molecular flexibility index (Phi) is 12.8. The summed E-state index contributed by atoms with van der Waals surface area (Å²) in [4.78, 5) is 39.5. The first-order valence-corrected chi connectivity index (χ1v) is 15.0. The number of amides is 3. The van der Waals surface area contributed by atoms with Crippen LogP contribution in [-0.2, 0) is 16.0 Å². The first kappa shape index (κ1) is 35.3. The fourth-order valence-corrected chi connectivity index (χ4v) is 4.87. The molecule has 0 aromatic heterocycles. The Morgan fingerprint density at radius 3 is 2.33 bits per heavy atom. The van der Waals surface area contributed by atoms with Crippen molar-refractivity contribution in [1.82, 2.24) is 16.0 Å². The van der Waals surface area contributed by atoms with Crippen molar-refractivity contribution >= 4 is 54.1 Å².